The van der Waals surface area contributed by atoms with E-state index in [0.717, 1.165) is 11.3 Å². The Kier molecular flexibility index (Phi) is 4.85. The maximum atomic E-state index is 12.0. The van der Waals surface area contributed by atoms with E-state index in [1.807, 2.05) is 12.1 Å². The Bertz CT molecular complexity index is 571. The number of carbonyl (C=O) groups is 2. The molecule has 1 N–H and O–H groups in total. The number of nitrogens with zero attached hydrogens (tertiary/aromatic N) is 1. The molecule has 0 saturated heterocycles. The average Bonchev–Trinajstić information content (AvgIpc) is 2.49. The molecule has 1 unspecified atom stereocenters. The van der Waals surface area contributed by atoms with Crippen molar-refractivity contribution < 1.29 is 19.1 Å². The Balaban J connectivity index is 1.97. The number of halogens is 1. The van der Waals surface area contributed by atoms with Crippen molar-refractivity contribution in [3.05, 3.63) is 41.6 Å². The molecule has 1 heterocycles. The SMILES string of the molecule is COc1ccc(COC(=O)C2=CC(Br)C(=O)NN2C)cc1. The summed E-state index contributed by atoms with van der Waals surface area (Å²) in [5, 5.41) is 1.34. The van der Waals surface area contributed by atoms with Gasteiger partial charge in [-0.1, -0.05) is 28.1 Å². The summed E-state index contributed by atoms with van der Waals surface area (Å²) in [4.78, 5) is 22.9. The third-order valence-corrected chi connectivity index (χ3v) is 3.61. The van der Waals surface area contributed by atoms with E-state index in [-0.39, 0.29) is 18.2 Å². The van der Waals surface area contributed by atoms with Crippen LogP contribution in [0.2, 0.25) is 0 Å². The van der Waals surface area contributed by atoms with Crippen molar-refractivity contribution in [3.63, 3.8) is 0 Å². The van der Waals surface area contributed by atoms with Gasteiger partial charge < -0.3 is 9.47 Å². The first-order chi connectivity index (χ1) is 10.0. The zero-order chi connectivity index (χ0) is 15.4. The molecule has 6 nitrogen and oxygen atoms in total. The van der Waals surface area contributed by atoms with Crippen LogP contribution in [0.1, 0.15) is 5.56 Å². The fraction of sp³-hybridized carbons (Fsp3) is 0.286. The Hall–Kier alpha value is -2.02. The minimum atomic E-state index is -0.544. The number of ether oxygens (including phenoxy) is 2. The van der Waals surface area contributed by atoms with Gasteiger partial charge in [0.15, 0.2) is 0 Å². The number of rotatable bonds is 4. The van der Waals surface area contributed by atoms with E-state index in [2.05, 4.69) is 21.4 Å². The highest BCUT2D eigenvalue weighted by molar-refractivity contribution is 9.10. The first kappa shape index (κ1) is 15.4. The quantitative estimate of drug-likeness (QED) is 0.653. The van der Waals surface area contributed by atoms with Crippen LogP contribution in [0.5, 0.6) is 5.75 Å². The van der Waals surface area contributed by atoms with Crippen molar-refractivity contribution in [3.8, 4) is 5.75 Å². The summed E-state index contributed by atoms with van der Waals surface area (Å²) in [6.45, 7) is 0.148. The molecule has 0 fully saturated rings. The van der Waals surface area contributed by atoms with Crippen LogP contribution in [0.3, 0.4) is 0 Å². The molecule has 1 amide bonds. The molecule has 0 aromatic heterocycles. The molecule has 1 aliphatic rings. The van der Waals surface area contributed by atoms with Gasteiger partial charge in [0, 0.05) is 7.05 Å². The van der Waals surface area contributed by atoms with Gasteiger partial charge in [-0.05, 0) is 23.8 Å². The van der Waals surface area contributed by atoms with Crippen molar-refractivity contribution in [2.45, 2.75) is 11.4 Å². The second-order valence-corrected chi connectivity index (χ2v) is 5.40. The van der Waals surface area contributed by atoms with Gasteiger partial charge in [0.25, 0.3) is 5.91 Å². The fourth-order valence-electron chi connectivity index (χ4n) is 1.76. The van der Waals surface area contributed by atoms with Crippen LogP contribution >= 0.6 is 15.9 Å². The number of likely N-dealkylation sites (N-methyl/N-ethyl adjacent to an activating group) is 1. The summed E-state index contributed by atoms with van der Waals surface area (Å²) in [5.74, 6) is 0.00612. The van der Waals surface area contributed by atoms with Gasteiger partial charge in [-0.15, -0.1) is 0 Å². The van der Waals surface area contributed by atoms with Crippen molar-refractivity contribution in [1.29, 1.82) is 0 Å². The van der Waals surface area contributed by atoms with Crippen LogP contribution in [0.4, 0.5) is 0 Å². The molecule has 1 aliphatic heterocycles. The number of amides is 1. The highest BCUT2D eigenvalue weighted by Gasteiger charge is 2.27. The lowest BCUT2D eigenvalue weighted by molar-refractivity contribution is -0.143. The van der Waals surface area contributed by atoms with Crippen LogP contribution in [-0.2, 0) is 20.9 Å². The van der Waals surface area contributed by atoms with Crippen molar-refractivity contribution in [2.24, 2.45) is 0 Å². The lowest BCUT2D eigenvalue weighted by atomic mass is 10.2. The number of hydrazine groups is 1. The van der Waals surface area contributed by atoms with Crippen molar-refractivity contribution in [1.82, 2.24) is 10.4 Å². The van der Waals surface area contributed by atoms with Gasteiger partial charge in [0.1, 0.15) is 22.9 Å². The molecule has 0 bridgehead atoms. The molecular formula is C14H15BrN2O4. The smallest absolute Gasteiger partial charge is 0.356 e. The molecule has 7 heteroatoms. The molecule has 21 heavy (non-hydrogen) atoms. The van der Waals surface area contributed by atoms with Gasteiger partial charge in [-0.3, -0.25) is 15.2 Å². The van der Waals surface area contributed by atoms with Gasteiger partial charge in [0.05, 0.1) is 7.11 Å². The zero-order valence-corrected chi connectivity index (χ0v) is 13.2. The molecule has 0 saturated carbocycles. The third kappa shape index (κ3) is 3.75. The second-order valence-electron chi connectivity index (χ2n) is 4.41. The molecule has 1 atom stereocenters. The van der Waals surface area contributed by atoms with Crippen LogP contribution in [0.15, 0.2) is 36.0 Å². The van der Waals surface area contributed by atoms with E-state index in [1.54, 1.807) is 26.3 Å². The summed E-state index contributed by atoms with van der Waals surface area (Å²) in [5.41, 5.74) is 3.67. The van der Waals surface area contributed by atoms with Gasteiger partial charge in [0.2, 0.25) is 0 Å². The zero-order valence-electron chi connectivity index (χ0n) is 11.6. The lowest BCUT2D eigenvalue weighted by Gasteiger charge is -2.27. The monoisotopic (exact) mass is 354 g/mol. The summed E-state index contributed by atoms with van der Waals surface area (Å²) in [7, 11) is 3.17. The number of carbonyl (C=O) groups excluding carboxylic acids is 2. The predicted octanol–water partition coefficient (Wildman–Crippen LogP) is 1.36. The molecule has 0 radical (unpaired) electrons. The number of alkyl halides is 1. The summed E-state index contributed by atoms with van der Waals surface area (Å²) < 4.78 is 10.3. The molecule has 0 aliphatic carbocycles. The first-order valence-corrected chi connectivity index (χ1v) is 7.13. The highest BCUT2D eigenvalue weighted by atomic mass is 79.9. The summed E-state index contributed by atoms with van der Waals surface area (Å²) >= 11 is 3.16. The number of benzene rings is 1. The Morgan fingerprint density at radius 3 is 2.67 bits per heavy atom. The van der Waals surface area contributed by atoms with Gasteiger partial charge in [-0.2, -0.15) is 0 Å². The van der Waals surface area contributed by atoms with E-state index < -0.39 is 10.8 Å². The second kappa shape index (κ2) is 6.62. The lowest BCUT2D eigenvalue weighted by Crippen LogP contribution is -2.48. The molecule has 1 aromatic rings. The van der Waals surface area contributed by atoms with Crippen molar-refractivity contribution in [2.75, 3.05) is 14.2 Å². The maximum Gasteiger partial charge on any atom is 0.356 e. The summed E-state index contributed by atoms with van der Waals surface area (Å²) in [6, 6.07) is 7.23. The topological polar surface area (TPSA) is 67.9 Å². The van der Waals surface area contributed by atoms with E-state index in [4.69, 9.17) is 9.47 Å². The normalized spacial score (nSPS) is 17.9. The van der Waals surface area contributed by atoms with Crippen LogP contribution in [0.25, 0.3) is 0 Å². The minimum absolute atomic E-state index is 0.148. The largest absolute Gasteiger partial charge is 0.497 e. The Labute approximate surface area is 130 Å². The molecular weight excluding hydrogens is 340 g/mol. The standard InChI is InChI=1S/C14H15BrN2O4/c1-17-12(7-11(15)13(18)16-17)14(19)21-8-9-3-5-10(20-2)6-4-9/h3-7,11H,8H2,1-2H3,(H,16,18). The number of esters is 1. The average molecular weight is 355 g/mol. The van der Waals surface area contributed by atoms with Gasteiger partial charge >= 0.3 is 5.97 Å². The molecule has 112 valence electrons. The molecule has 2 rings (SSSR count). The van der Waals surface area contributed by atoms with Crippen LogP contribution < -0.4 is 10.2 Å². The van der Waals surface area contributed by atoms with Crippen molar-refractivity contribution >= 4 is 27.8 Å². The highest BCUT2D eigenvalue weighted by Crippen LogP contribution is 2.16. The number of hydrogen-bond acceptors (Lipinski definition) is 5. The molecule has 0 spiro atoms. The van der Waals surface area contributed by atoms with E-state index in [0.29, 0.717) is 0 Å². The third-order valence-electron chi connectivity index (χ3n) is 2.93. The Morgan fingerprint density at radius 1 is 1.38 bits per heavy atom. The maximum absolute atomic E-state index is 12.0. The Morgan fingerprint density at radius 2 is 2.05 bits per heavy atom. The minimum Gasteiger partial charge on any atom is -0.497 e. The van der Waals surface area contributed by atoms with E-state index in [1.165, 1.54) is 11.1 Å². The van der Waals surface area contributed by atoms with E-state index >= 15 is 0 Å². The fourth-order valence-corrected chi connectivity index (χ4v) is 2.12. The molecule has 1 aromatic carbocycles. The van der Waals surface area contributed by atoms with Crippen LogP contribution in [0, 0.1) is 0 Å². The first-order valence-electron chi connectivity index (χ1n) is 6.21. The predicted molar refractivity (Wildman–Crippen MR) is 79.5 cm³/mol. The van der Waals surface area contributed by atoms with Gasteiger partial charge in [-0.25, -0.2) is 4.79 Å². The van der Waals surface area contributed by atoms with E-state index in [9.17, 15) is 9.59 Å². The number of methoxy groups -OCH3 is 1. The van der Waals surface area contributed by atoms with Crippen LogP contribution in [-0.4, -0.2) is 35.9 Å². The number of hydrogen-bond donors (Lipinski definition) is 1. The summed E-state index contributed by atoms with van der Waals surface area (Å²) in [6.07, 6.45) is 1.51. The number of nitrogens with one attached hydrogen (secondary N) is 1.